The first kappa shape index (κ1) is 13.3. The van der Waals surface area contributed by atoms with Crippen LogP contribution in [0, 0.1) is 0 Å². The Morgan fingerprint density at radius 3 is 2.75 bits per heavy atom. The van der Waals surface area contributed by atoms with Crippen LogP contribution in [-0.4, -0.2) is 31.6 Å². The highest BCUT2D eigenvalue weighted by molar-refractivity contribution is 6.42. The number of halogens is 2. The topological polar surface area (TPSA) is 29.5 Å². The Labute approximate surface area is 105 Å². The Hall–Kier alpha value is -0.770. The molecule has 0 unspecified atom stereocenters. The molecule has 0 fully saturated rings. The zero-order valence-corrected chi connectivity index (χ0v) is 10.7. The van der Waals surface area contributed by atoms with Crippen LogP contribution in [0.25, 0.3) is 0 Å². The third kappa shape index (κ3) is 3.67. The summed E-state index contributed by atoms with van der Waals surface area (Å²) >= 11 is 11.9. The second kappa shape index (κ2) is 6.09. The van der Waals surface area contributed by atoms with Crippen LogP contribution < -0.4 is 0 Å². The molecule has 0 radical (unpaired) electrons. The van der Waals surface area contributed by atoms with Gasteiger partial charge in [-0.25, -0.2) is 0 Å². The van der Waals surface area contributed by atoms with E-state index < -0.39 is 0 Å². The summed E-state index contributed by atoms with van der Waals surface area (Å²) in [6, 6.07) is 5.44. The number of methoxy groups -OCH3 is 1. The average Bonchev–Trinajstić information content (AvgIpc) is 2.24. The summed E-state index contributed by atoms with van der Waals surface area (Å²) < 4.78 is 4.57. The smallest absolute Gasteiger partial charge is 0.319 e. The molecule has 0 aliphatic carbocycles. The largest absolute Gasteiger partial charge is 0.468 e. The summed E-state index contributed by atoms with van der Waals surface area (Å²) in [5.41, 5.74) is 0.889. The molecule has 0 aromatic heterocycles. The Balaban J connectivity index is 2.66. The number of carbonyl (C=O) groups excluding carboxylic acids is 1. The molecule has 1 aromatic rings. The molecular weight excluding hydrogens is 249 g/mol. The molecule has 0 spiro atoms. The summed E-state index contributed by atoms with van der Waals surface area (Å²) in [6.45, 7) is 0.772. The maximum Gasteiger partial charge on any atom is 0.319 e. The van der Waals surface area contributed by atoms with E-state index in [1.807, 2.05) is 24.1 Å². The minimum atomic E-state index is -0.277. The fraction of sp³-hybridized carbons (Fsp3) is 0.364. The van der Waals surface area contributed by atoms with Crippen molar-refractivity contribution in [3.05, 3.63) is 33.8 Å². The van der Waals surface area contributed by atoms with Gasteiger partial charge in [0.05, 0.1) is 23.7 Å². The summed E-state index contributed by atoms with van der Waals surface area (Å²) in [6.07, 6.45) is 0. The van der Waals surface area contributed by atoms with Gasteiger partial charge in [0.2, 0.25) is 0 Å². The van der Waals surface area contributed by atoms with Crippen LogP contribution in [0.15, 0.2) is 18.2 Å². The maximum absolute atomic E-state index is 11.0. The van der Waals surface area contributed by atoms with Crippen molar-refractivity contribution in [2.75, 3.05) is 20.7 Å². The highest BCUT2D eigenvalue weighted by atomic mass is 35.5. The minimum Gasteiger partial charge on any atom is -0.468 e. The molecule has 0 bridgehead atoms. The van der Waals surface area contributed by atoms with Gasteiger partial charge >= 0.3 is 5.97 Å². The summed E-state index contributed by atoms with van der Waals surface area (Å²) in [4.78, 5) is 12.9. The van der Waals surface area contributed by atoms with Gasteiger partial charge in [-0.2, -0.15) is 0 Å². The van der Waals surface area contributed by atoms with Crippen LogP contribution in [0.5, 0.6) is 0 Å². The number of ether oxygens (including phenoxy) is 1. The van der Waals surface area contributed by atoms with Crippen molar-refractivity contribution < 1.29 is 9.53 Å². The van der Waals surface area contributed by atoms with Gasteiger partial charge in [0.15, 0.2) is 0 Å². The molecule has 88 valence electrons. The SMILES string of the molecule is COC(=O)CN(C)Cc1cccc(Cl)c1Cl. The molecule has 0 heterocycles. The van der Waals surface area contributed by atoms with Crippen molar-refractivity contribution in [2.24, 2.45) is 0 Å². The van der Waals surface area contributed by atoms with Crippen molar-refractivity contribution in [1.29, 1.82) is 0 Å². The number of hydrogen-bond acceptors (Lipinski definition) is 3. The monoisotopic (exact) mass is 261 g/mol. The Morgan fingerprint density at radius 1 is 1.44 bits per heavy atom. The first-order valence-electron chi connectivity index (χ1n) is 4.73. The lowest BCUT2D eigenvalue weighted by Gasteiger charge is -2.16. The zero-order chi connectivity index (χ0) is 12.1. The average molecular weight is 262 g/mol. The maximum atomic E-state index is 11.0. The molecule has 0 aliphatic heterocycles. The lowest BCUT2D eigenvalue weighted by Crippen LogP contribution is -2.26. The normalized spacial score (nSPS) is 10.6. The number of esters is 1. The highest BCUT2D eigenvalue weighted by Crippen LogP contribution is 2.26. The highest BCUT2D eigenvalue weighted by Gasteiger charge is 2.10. The van der Waals surface area contributed by atoms with Crippen LogP contribution in [0.3, 0.4) is 0 Å². The van der Waals surface area contributed by atoms with Crippen molar-refractivity contribution in [3.8, 4) is 0 Å². The zero-order valence-electron chi connectivity index (χ0n) is 9.17. The van der Waals surface area contributed by atoms with E-state index >= 15 is 0 Å². The van der Waals surface area contributed by atoms with Gasteiger partial charge in [0.1, 0.15) is 0 Å². The number of rotatable bonds is 4. The van der Waals surface area contributed by atoms with Gasteiger partial charge in [-0.15, -0.1) is 0 Å². The minimum absolute atomic E-state index is 0.222. The third-order valence-electron chi connectivity index (χ3n) is 2.10. The van der Waals surface area contributed by atoms with Crippen LogP contribution in [0.2, 0.25) is 10.0 Å². The Kier molecular flexibility index (Phi) is 5.06. The standard InChI is InChI=1S/C11H13Cl2NO2/c1-14(7-10(15)16-2)6-8-4-3-5-9(12)11(8)13/h3-5H,6-7H2,1-2H3. The number of benzene rings is 1. The van der Waals surface area contributed by atoms with Gasteiger partial charge in [-0.05, 0) is 18.7 Å². The van der Waals surface area contributed by atoms with E-state index in [1.165, 1.54) is 7.11 Å². The molecule has 16 heavy (non-hydrogen) atoms. The molecular formula is C11H13Cl2NO2. The molecule has 0 amide bonds. The quantitative estimate of drug-likeness (QED) is 0.781. The van der Waals surface area contributed by atoms with Crippen molar-refractivity contribution >= 4 is 29.2 Å². The number of carbonyl (C=O) groups is 1. The van der Waals surface area contributed by atoms with Gasteiger partial charge in [0.25, 0.3) is 0 Å². The lowest BCUT2D eigenvalue weighted by molar-refractivity contribution is -0.141. The molecule has 0 N–H and O–H groups in total. The van der Waals surface area contributed by atoms with Crippen LogP contribution in [0.4, 0.5) is 0 Å². The molecule has 0 saturated carbocycles. The summed E-state index contributed by atoms with van der Waals surface area (Å²) in [7, 11) is 3.18. The van der Waals surface area contributed by atoms with Gasteiger partial charge in [0, 0.05) is 6.54 Å². The second-order valence-electron chi connectivity index (χ2n) is 3.46. The summed E-state index contributed by atoms with van der Waals surface area (Å²) in [5, 5.41) is 1.05. The molecule has 1 rings (SSSR count). The van der Waals surface area contributed by atoms with E-state index in [1.54, 1.807) is 6.07 Å². The van der Waals surface area contributed by atoms with Crippen molar-refractivity contribution in [2.45, 2.75) is 6.54 Å². The lowest BCUT2D eigenvalue weighted by atomic mass is 10.2. The van der Waals surface area contributed by atoms with Crippen LogP contribution in [0.1, 0.15) is 5.56 Å². The molecule has 3 nitrogen and oxygen atoms in total. The van der Waals surface area contributed by atoms with E-state index in [2.05, 4.69) is 4.74 Å². The predicted octanol–water partition coefficient (Wildman–Crippen LogP) is 2.60. The predicted molar refractivity (Wildman–Crippen MR) is 64.8 cm³/mol. The van der Waals surface area contributed by atoms with Crippen molar-refractivity contribution in [3.63, 3.8) is 0 Å². The van der Waals surface area contributed by atoms with Gasteiger partial charge in [-0.1, -0.05) is 35.3 Å². The molecule has 0 saturated heterocycles. The molecule has 0 aliphatic rings. The summed E-state index contributed by atoms with van der Waals surface area (Å²) in [5.74, 6) is -0.277. The molecule has 0 atom stereocenters. The molecule has 1 aromatic carbocycles. The van der Waals surface area contributed by atoms with E-state index in [4.69, 9.17) is 23.2 Å². The Morgan fingerprint density at radius 2 is 2.12 bits per heavy atom. The van der Waals surface area contributed by atoms with Crippen LogP contribution in [-0.2, 0) is 16.1 Å². The second-order valence-corrected chi connectivity index (χ2v) is 4.25. The first-order valence-corrected chi connectivity index (χ1v) is 5.48. The number of hydrogen-bond donors (Lipinski definition) is 0. The molecule has 5 heteroatoms. The fourth-order valence-electron chi connectivity index (χ4n) is 1.30. The van der Waals surface area contributed by atoms with Crippen LogP contribution >= 0.6 is 23.2 Å². The Bertz CT molecular complexity index is 382. The fourth-order valence-corrected chi connectivity index (χ4v) is 1.68. The van der Waals surface area contributed by atoms with Gasteiger partial charge < -0.3 is 4.74 Å². The van der Waals surface area contributed by atoms with Crippen molar-refractivity contribution in [1.82, 2.24) is 4.90 Å². The van der Waals surface area contributed by atoms with E-state index in [-0.39, 0.29) is 12.5 Å². The van der Waals surface area contributed by atoms with E-state index in [0.29, 0.717) is 16.6 Å². The number of likely N-dealkylation sites (N-methyl/N-ethyl adjacent to an activating group) is 1. The van der Waals surface area contributed by atoms with E-state index in [9.17, 15) is 4.79 Å². The van der Waals surface area contributed by atoms with Gasteiger partial charge in [-0.3, -0.25) is 9.69 Å². The third-order valence-corrected chi connectivity index (χ3v) is 2.96. The van der Waals surface area contributed by atoms with E-state index in [0.717, 1.165) is 5.56 Å². The first-order chi connectivity index (χ1) is 7.54. The number of nitrogens with zero attached hydrogens (tertiary/aromatic N) is 1.